The van der Waals surface area contributed by atoms with Crippen LogP contribution in [0.2, 0.25) is 0 Å². The lowest BCUT2D eigenvalue weighted by Gasteiger charge is -2.20. The van der Waals surface area contributed by atoms with E-state index in [4.69, 9.17) is 9.47 Å². The minimum absolute atomic E-state index is 0.0944. The number of nitrogens with zero attached hydrogens (tertiary/aromatic N) is 2. The number of methoxy groups -OCH3 is 1. The van der Waals surface area contributed by atoms with Crippen molar-refractivity contribution in [2.75, 3.05) is 31.1 Å². The highest BCUT2D eigenvalue weighted by Gasteiger charge is 2.32. The number of rotatable bonds is 6. The molecule has 1 fully saturated rings. The largest absolute Gasteiger partial charge is 0.496 e. The Labute approximate surface area is 185 Å². The average molecular weight is 458 g/mol. The molecule has 32 heavy (non-hydrogen) atoms. The number of esters is 1. The van der Waals surface area contributed by atoms with Crippen molar-refractivity contribution >= 4 is 33.5 Å². The van der Waals surface area contributed by atoms with Crippen LogP contribution in [0.1, 0.15) is 28.8 Å². The van der Waals surface area contributed by atoms with Crippen LogP contribution in [0.5, 0.6) is 5.75 Å². The van der Waals surface area contributed by atoms with Crippen LogP contribution in [0.25, 0.3) is 0 Å². The molecule has 0 aromatic heterocycles. The van der Waals surface area contributed by atoms with E-state index in [2.05, 4.69) is 0 Å². The van der Waals surface area contributed by atoms with Crippen LogP contribution in [0.15, 0.2) is 47.4 Å². The molecule has 0 unspecified atom stereocenters. The van der Waals surface area contributed by atoms with Gasteiger partial charge in [-0.1, -0.05) is 18.2 Å². The Balaban J connectivity index is 1.57. The number of benzene rings is 2. The molecule has 4 rings (SSSR count). The summed E-state index contributed by atoms with van der Waals surface area (Å²) in [5.41, 5.74) is 1.41. The number of hydrogen-bond acceptors (Lipinski definition) is 7. The van der Waals surface area contributed by atoms with E-state index >= 15 is 0 Å². The van der Waals surface area contributed by atoms with Crippen LogP contribution in [-0.2, 0) is 30.8 Å². The van der Waals surface area contributed by atoms with Crippen LogP contribution in [0, 0.1) is 0 Å². The number of carbonyl (C=O) groups excluding carboxylic acids is 3. The van der Waals surface area contributed by atoms with Crippen molar-refractivity contribution < 1.29 is 32.3 Å². The summed E-state index contributed by atoms with van der Waals surface area (Å²) in [4.78, 5) is 37.4. The minimum Gasteiger partial charge on any atom is -0.496 e. The number of ether oxygens (including phenoxy) is 2. The maximum atomic E-state index is 13.3. The van der Waals surface area contributed by atoms with Crippen LogP contribution >= 0.6 is 0 Å². The minimum atomic E-state index is -3.93. The van der Waals surface area contributed by atoms with Gasteiger partial charge in [-0.25, -0.2) is 13.2 Å². The van der Waals surface area contributed by atoms with Gasteiger partial charge in [-0.2, -0.15) is 0 Å². The third kappa shape index (κ3) is 3.93. The molecule has 0 radical (unpaired) electrons. The summed E-state index contributed by atoms with van der Waals surface area (Å²) in [6, 6.07) is 11.2. The Morgan fingerprint density at radius 3 is 2.56 bits per heavy atom. The molecule has 0 bridgehead atoms. The Morgan fingerprint density at radius 2 is 1.84 bits per heavy atom. The van der Waals surface area contributed by atoms with Gasteiger partial charge >= 0.3 is 5.97 Å². The van der Waals surface area contributed by atoms with Gasteiger partial charge < -0.3 is 9.47 Å². The maximum Gasteiger partial charge on any atom is 0.342 e. The summed E-state index contributed by atoms with van der Waals surface area (Å²) in [7, 11) is -2.60. The molecular weight excluding hydrogens is 436 g/mol. The number of likely N-dealkylation sites (tertiary alicyclic amines) is 1. The number of hydrogen-bond donors (Lipinski definition) is 0. The fourth-order valence-corrected chi connectivity index (χ4v) is 5.42. The van der Waals surface area contributed by atoms with Crippen molar-refractivity contribution in [2.24, 2.45) is 0 Å². The molecule has 168 valence electrons. The number of imide groups is 1. The summed E-state index contributed by atoms with van der Waals surface area (Å²) in [6.07, 6.45) is 1.46. The average Bonchev–Trinajstić information content (AvgIpc) is 3.43. The molecule has 0 atom stereocenters. The fraction of sp³-hybridized carbons (Fsp3) is 0.318. The van der Waals surface area contributed by atoms with Gasteiger partial charge in [0.05, 0.1) is 17.7 Å². The molecule has 2 aliphatic rings. The summed E-state index contributed by atoms with van der Waals surface area (Å²) in [5, 5.41) is 0. The Hall–Kier alpha value is -3.40. The predicted octanol–water partition coefficient (Wildman–Crippen LogP) is 1.75. The van der Waals surface area contributed by atoms with Crippen molar-refractivity contribution in [3.63, 3.8) is 0 Å². The molecule has 2 aliphatic heterocycles. The highest BCUT2D eigenvalue weighted by molar-refractivity contribution is 7.92. The number of sulfonamides is 1. The second kappa shape index (κ2) is 8.62. The number of fused-ring (bicyclic) bond motifs is 1. The highest BCUT2D eigenvalue weighted by Crippen LogP contribution is 2.34. The molecular formula is C22H22N2O7S. The molecule has 2 amide bonds. The molecule has 0 aliphatic carbocycles. The van der Waals surface area contributed by atoms with E-state index < -0.39 is 28.5 Å². The van der Waals surface area contributed by atoms with Gasteiger partial charge in [-0.3, -0.25) is 18.8 Å². The monoisotopic (exact) mass is 458 g/mol. The van der Waals surface area contributed by atoms with E-state index in [0.29, 0.717) is 31.6 Å². The highest BCUT2D eigenvalue weighted by atomic mass is 32.2. The maximum absolute atomic E-state index is 13.3. The van der Waals surface area contributed by atoms with Gasteiger partial charge in [0, 0.05) is 19.5 Å². The number of amides is 2. The zero-order chi connectivity index (χ0) is 22.9. The van der Waals surface area contributed by atoms with E-state index in [-0.39, 0.29) is 28.5 Å². The third-order valence-electron chi connectivity index (χ3n) is 5.52. The normalized spacial score (nSPS) is 15.6. The molecule has 0 N–H and O–H groups in total. The molecule has 2 aromatic carbocycles. The van der Waals surface area contributed by atoms with Crippen LogP contribution < -0.4 is 9.04 Å². The van der Waals surface area contributed by atoms with E-state index in [1.165, 1.54) is 29.6 Å². The molecule has 10 heteroatoms. The van der Waals surface area contributed by atoms with Gasteiger partial charge in [-0.05, 0) is 42.7 Å². The first kappa shape index (κ1) is 21.8. The van der Waals surface area contributed by atoms with Gasteiger partial charge in [0.25, 0.3) is 15.9 Å². The quantitative estimate of drug-likeness (QED) is 0.607. The zero-order valence-electron chi connectivity index (χ0n) is 17.4. The van der Waals surface area contributed by atoms with E-state index in [9.17, 15) is 22.8 Å². The summed E-state index contributed by atoms with van der Waals surface area (Å²) in [5.74, 6) is -1.72. The standard InChI is InChI=1S/C22H22N2O7S/c1-30-19-9-8-16(32(28,29)24-12-10-15-5-2-3-6-18(15)24)13-17(19)22(27)31-14-21(26)23-11-4-7-20(23)25/h2-3,5-6,8-9,13H,4,7,10-12,14H2,1H3. The van der Waals surface area contributed by atoms with E-state index in [0.717, 1.165) is 10.5 Å². The van der Waals surface area contributed by atoms with Crippen molar-refractivity contribution in [2.45, 2.75) is 24.2 Å². The number of anilines is 1. The van der Waals surface area contributed by atoms with Crippen molar-refractivity contribution in [1.29, 1.82) is 0 Å². The Morgan fingerprint density at radius 1 is 1.06 bits per heavy atom. The van der Waals surface area contributed by atoms with Gasteiger partial charge in [-0.15, -0.1) is 0 Å². The van der Waals surface area contributed by atoms with Crippen LogP contribution in [-0.4, -0.2) is 57.9 Å². The Kier molecular flexibility index (Phi) is 5.88. The van der Waals surface area contributed by atoms with E-state index in [1.807, 2.05) is 12.1 Å². The third-order valence-corrected chi connectivity index (χ3v) is 7.33. The Bertz CT molecular complexity index is 1190. The fourth-order valence-electron chi connectivity index (χ4n) is 3.89. The molecule has 9 nitrogen and oxygen atoms in total. The lowest BCUT2D eigenvalue weighted by Crippen LogP contribution is -2.35. The number of carbonyl (C=O) groups is 3. The van der Waals surface area contributed by atoms with Crippen molar-refractivity contribution in [3.8, 4) is 5.75 Å². The van der Waals surface area contributed by atoms with Gasteiger partial charge in [0.2, 0.25) is 5.91 Å². The first-order chi connectivity index (χ1) is 15.3. The SMILES string of the molecule is COc1ccc(S(=O)(=O)N2CCc3ccccc32)cc1C(=O)OCC(=O)N1CCCC1=O. The zero-order valence-corrected chi connectivity index (χ0v) is 18.3. The lowest BCUT2D eigenvalue weighted by atomic mass is 10.2. The first-order valence-electron chi connectivity index (χ1n) is 10.1. The second-order valence-electron chi connectivity index (χ2n) is 7.44. The topological polar surface area (TPSA) is 110 Å². The molecule has 0 spiro atoms. The summed E-state index contributed by atoms with van der Waals surface area (Å²) < 4.78 is 38.1. The van der Waals surface area contributed by atoms with Crippen LogP contribution in [0.3, 0.4) is 0 Å². The lowest BCUT2D eigenvalue weighted by molar-refractivity contribution is -0.143. The second-order valence-corrected chi connectivity index (χ2v) is 9.30. The molecule has 2 aromatic rings. The summed E-state index contributed by atoms with van der Waals surface area (Å²) in [6.45, 7) is -0.0281. The predicted molar refractivity (Wildman–Crippen MR) is 114 cm³/mol. The van der Waals surface area contributed by atoms with Crippen molar-refractivity contribution in [3.05, 3.63) is 53.6 Å². The van der Waals surface area contributed by atoms with Gasteiger partial charge in [0.15, 0.2) is 6.61 Å². The van der Waals surface area contributed by atoms with Crippen LogP contribution in [0.4, 0.5) is 5.69 Å². The van der Waals surface area contributed by atoms with Gasteiger partial charge in [0.1, 0.15) is 11.3 Å². The smallest absolute Gasteiger partial charge is 0.342 e. The first-order valence-corrected chi connectivity index (χ1v) is 11.6. The molecule has 2 heterocycles. The number of para-hydroxylation sites is 1. The molecule has 0 saturated carbocycles. The summed E-state index contributed by atoms with van der Waals surface area (Å²) >= 11 is 0. The van der Waals surface area contributed by atoms with Crippen molar-refractivity contribution in [1.82, 2.24) is 4.90 Å². The van der Waals surface area contributed by atoms with E-state index in [1.54, 1.807) is 12.1 Å². The molecule has 1 saturated heterocycles.